The molecule has 1 aromatic carbocycles. The molecule has 0 saturated carbocycles. The fourth-order valence-corrected chi connectivity index (χ4v) is 2.08. The lowest BCUT2D eigenvalue weighted by Crippen LogP contribution is -2.48. The average Bonchev–Trinajstić information content (AvgIpc) is 2.47. The molecule has 2 N–H and O–H groups in total. The van der Waals surface area contributed by atoms with Gasteiger partial charge in [-0.05, 0) is 18.9 Å². The van der Waals surface area contributed by atoms with Gasteiger partial charge >= 0.3 is 0 Å². The first kappa shape index (κ1) is 18.2. The predicted molar refractivity (Wildman–Crippen MR) is 89.5 cm³/mol. The third kappa shape index (κ3) is 5.51. The number of hydrogen-bond acceptors (Lipinski definition) is 2. The molecule has 0 aliphatic heterocycles. The molecule has 2 amide bonds. The number of nitrogens with one attached hydrogen (secondary N) is 2. The minimum absolute atomic E-state index is 0.120. The van der Waals surface area contributed by atoms with Crippen LogP contribution in [0.1, 0.15) is 52.5 Å². The van der Waals surface area contributed by atoms with Gasteiger partial charge in [-0.1, -0.05) is 58.0 Å². The smallest absolute Gasteiger partial charge is 0.242 e. The Bertz CT molecular complexity index is 492. The molecule has 0 radical (unpaired) electrons. The summed E-state index contributed by atoms with van der Waals surface area (Å²) in [5.41, 5.74) is 0.724. The van der Waals surface area contributed by atoms with Crippen molar-refractivity contribution in [1.82, 2.24) is 10.6 Å². The highest BCUT2D eigenvalue weighted by molar-refractivity contribution is 5.89. The third-order valence-electron chi connectivity index (χ3n) is 3.71. The van der Waals surface area contributed by atoms with E-state index >= 15 is 0 Å². The van der Waals surface area contributed by atoms with Crippen molar-refractivity contribution in [3.63, 3.8) is 0 Å². The molecule has 4 nitrogen and oxygen atoms in total. The van der Waals surface area contributed by atoms with Gasteiger partial charge in [0.15, 0.2) is 0 Å². The fourth-order valence-electron chi connectivity index (χ4n) is 2.08. The maximum absolute atomic E-state index is 12.1. The number of amides is 2. The Morgan fingerprint density at radius 2 is 1.73 bits per heavy atom. The summed E-state index contributed by atoms with van der Waals surface area (Å²) in [6, 6.07) is 9.62. The topological polar surface area (TPSA) is 58.2 Å². The molecule has 1 rings (SSSR count). The van der Waals surface area contributed by atoms with E-state index in [-0.39, 0.29) is 17.7 Å². The van der Waals surface area contributed by atoms with Gasteiger partial charge in [0.25, 0.3) is 0 Å². The van der Waals surface area contributed by atoms with Gasteiger partial charge in [-0.25, -0.2) is 0 Å². The van der Waals surface area contributed by atoms with E-state index < -0.39 is 11.5 Å². The van der Waals surface area contributed by atoms with E-state index in [2.05, 4.69) is 29.7 Å². The van der Waals surface area contributed by atoms with Crippen LogP contribution in [-0.4, -0.2) is 24.4 Å². The second-order valence-electron chi connectivity index (χ2n) is 6.71. The van der Waals surface area contributed by atoms with Gasteiger partial charge in [0.1, 0.15) is 6.04 Å². The van der Waals surface area contributed by atoms with Crippen molar-refractivity contribution < 1.29 is 9.59 Å². The Labute approximate surface area is 133 Å². The first-order valence-corrected chi connectivity index (χ1v) is 7.89. The molecular formula is C18H28N2O2. The van der Waals surface area contributed by atoms with Crippen molar-refractivity contribution in [2.45, 2.75) is 53.0 Å². The van der Waals surface area contributed by atoms with Crippen molar-refractivity contribution in [1.29, 1.82) is 0 Å². The van der Waals surface area contributed by atoms with Gasteiger partial charge < -0.3 is 10.6 Å². The average molecular weight is 304 g/mol. The van der Waals surface area contributed by atoms with E-state index in [9.17, 15) is 9.59 Å². The van der Waals surface area contributed by atoms with Gasteiger partial charge in [0.05, 0.1) is 0 Å². The Balaban J connectivity index is 2.52. The van der Waals surface area contributed by atoms with E-state index in [1.165, 1.54) is 5.56 Å². The van der Waals surface area contributed by atoms with E-state index in [4.69, 9.17) is 0 Å². The molecule has 22 heavy (non-hydrogen) atoms. The zero-order valence-corrected chi connectivity index (χ0v) is 14.3. The molecule has 0 saturated heterocycles. The number of carbonyl (C=O) groups excluding carboxylic acids is 2. The Hall–Kier alpha value is -1.84. The standard InChI is InChI=1S/C18H28N2O2/c1-6-14(15-10-8-7-9-11-15)12-19-16(21)13(2)20-17(22)18(3,4)5/h7-11,13-14H,6,12H2,1-5H3,(H,19,21)(H,20,22). The zero-order chi connectivity index (χ0) is 16.8. The van der Waals surface area contributed by atoms with Crippen LogP contribution in [0.2, 0.25) is 0 Å². The summed E-state index contributed by atoms with van der Waals surface area (Å²) in [4.78, 5) is 24.0. The van der Waals surface area contributed by atoms with Crippen LogP contribution < -0.4 is 10.6 Å². The summed E-state index contributed by atoms with van der Waals surface area (Å²) in [6.07, 6.45) is 0.951. The van der Waals surface area contributed by atoms with E-state index in [1.807, 2.05) is 39.0 Å². The van der Waals surface area contributed by atoms with Gasteiger partial charge in [-0.2, -0.15) is 0 Å². The minimum atomic E-state index is -0.528. The molecule has 0 fully saturated rings. The van der Waals surface area contributed by atoms with Gasteiger partial charge in [-0.15, -0.1) is 0 Å². The lowest BCUT2D eigenvalue weighted by Gasteiger charge is -2.22. The van der Waals surface area contributed by atoms with Crippen molar-refractivity contribution >= 4 is 11.8 Å². The molecule has 2 atom stereocenters. The zero-order valence-electron chi connectivity index (χ0n) is 14.3. The van der Waals surface area contributed by atoms with Gasteiger partial charge in [0, 0.05) is 17.9 Å². The van der Waals surface area contributed by atoms with Crippen LogP contribution in [0.3, 0.4) is 0 Å². The third-order valence-corrected chi connectivity index (χ3v) is 3.71. The lowest BCUT2D eigenvalue weighted by atomic mass is 9.95. The predicted octanol–water partition coefficient (Wildman–Crippen LogP) is 2.85. The first-order chi connectivity index (χ1) is 10.3. The summed E-state index contributed by atoms with van der Waals surface area (Å²) < 4.78 is 0. The van der Waals surface area contributed by atoms with Crippen LogP contribution in [0.4, 0.5) is 0 Å². The molecule has 0 aliphatic carbocycles. The number of carbonyl (C=O) groups is 2. The van der Waals surface area contributed by atoms with Crippen LogP contribution in [-0.2, 0) is 9.59 Å². The summed E-state index contributed by atoms with van der Waals surface area (Å²) >= 11 is 0. The van der Waals surface area contributed by atoms with Crippen molar-refractivity contribution in [3.8, 4) is 0 Å². The second-order valence-corrected chi connectivity index (χ2v) is 6.71. The molecule has 0 spiro atoms. The normalized spacial score (nSPS) is 14.0. The quantitative estimate of drug-likeness (QED) is 0.849. The Morgan fingerprint density at radius 1 is 1.14 bits per heavy atom. The molecule has 2 unspecified atom stereocenters. The molecule has 0 bridgehead atoms. The Morgan fingerprint density at radius 3 is 2.23 bits per heavy atom. The first-order valence-electron chi connectivity index (χ1n) is 7.89. The highest BCUT2D eigenvalue weighted by atomic mass is 16.2. The number of hydrogen-bond donors (Lipinski definition) is 2. The summed E-state index contributed by atoms with van der Waals surface area (Å²) in [6.45, 7) is 9.88. The molecule has 0 aliphatic rings. The second kappa shape index (κ2) is 7.97. The van der Waals surface area contributed by atoms with Crippen LogP contribution >= 0.6 is 0 Å². The van der Waals surface area contributed by atoms with Crippen molar-refractivity contribution in [2.24, 2.45) is 5.41 Å². The molecule has 0 heterocycles. The summed E-state index contributed by atoms with van der Waals surface area (Å²) in [5, 5.41) is 5.69. The van der Waals surface area contributed by atoms with E-state index in [0.29, 0.717) is 6.54 Å². The molecule has 0 aromatic heterocycles. The van der Waals surface area contributed by atoms with E-state index in [0.717, 1.165) is 6.42 Å². The summed E-state index contributed by atoms with van der Waals surface area (Å²) in [7, 11) is 0. The number of benzene rings is 1. The van der Waals surface area contributed by atoms with E-state index in [1.54, 1.807) is 6.92 Å². The molecule has 1 aromatic rings. The van der Waals surface area contributed by atoms with Gasteiger partial charge in [0.2, 0.25) is 11.8 Å². The highest BCUT2D eigenvalue weighted by Gasteiger charge is 2.25. The lowest BCUT2D eigenvalue weighted by molar-refractivity contribution is -0.133. The summed E-state index contributed by atoms with van der Waals surface area (Å²) in [5.74, 6) is 0.0212. The molecular weight excluding hydrogens is 276 g/mol. The molecule has 122 valence electrons. The fraction of sp³-hybridized carbons (Fsp3) is 0.556. The highest BCUT2D eigenvalue weighted by Crippen LogP contribution is 2.18. The van der Waals surface area contributed by atoms with Crippen LogP contribution in [0.25, 0.3) is 0 Å². The van der Waals surface area contributed by atoms with Crippen LogP contribution in [0.5, 0.6) is 0 Å². The van der Waals surface area contributed by atoms with Crippen LogP contribution in [0.15, 0.2) is 30.3 Å². The van der Waals surface area contributed by atoms with Crippen molar-refractivity contribution in [2.75, 3.05) is 6.54 Å². The Kier molecular flexibility index (Phi) is 6.60. The maximum Gasteiger partial charge on any atom is 0.242 e. The SMILES string of the molecule is CCC(CNC(=O)C(C)NC(=O)C(C)(C)C)c1ccccc1. The van der Waals surface area contributed by atoms with Gasteiger partial charge in [-0.3, -0.25) is 9.59 Å². The maximum atomic E-state index is 12.1. The monoisotopic (exact) mass is 304 g/mol. The minimum Gasteiger partial charge on any atom is -0.354 e. The van der Waals surface area contributed by atoms with Crippen LogP contribution in [0, 0.1) is 5.41 Å². The number of rotatable bonds is 6. The largest absolute Gasteiger partial charge is 0.354 e. The van der Waals surface area contributed by atoms with Crippen molar-refractivity contribution in [3.05, 3.63) is 35.9 Å². The molecule has 4 heteroatoms.